The zero-order valence-corrected chi connectivity index (χ0v) is 12.9. The molecule has 2 rings (SSSR count). The highest BCUT2D eigenvalue weighted by Crippen LogP contribution is 2.21. The van der Waals surface area contributed by atoms with E-state index >= 15 is 0 Å². The quantitative estimate of drug-likeness (QED) is 0.862. The van der Waals surface area contributed by atoms with Crippen molar-refractivity contribution in [2.75, 3.05) is 12.4 Å². The van der Waals surface area contributed by atoms with Gasteiger partial charge in [0, 0.05) is 18.4 Å². The normalized spacial score (nSPS) is 10.4. The molecule has 0 bridgehead atoms. The van der Waals surface area contributed by atoms with Crippen LogP contribution in [0.5, 0.6) is 0 Å². The SMILES string of the molecule is COCc1nc(C)c(C(=O)Nc2cccc(C(C)=O)c2)s1. The topological polar surface area (TPSA) is 68.3 Å². The number of Topliss-reactive ketones (excluding diaryl/α,β-unsaturated/α-hetero) is 1. The summed E-state index contributed by atoms with van der Waals surface area (Å²) < 4.78 is 5.02. The fourth-order valence-corrected chi connectivity index (χ4v) is 2.78. The number of amides is 1. The summed E-state index contributed by atoms with van der Waals surface area (Å²) in [6.07, 6.45) is 0. The molecule has 1 N–H and O–H groups in total. The average Bonchev–Trinajstić information content (AvgIpc) is 2.80. The Morgan fingerprint density at radius 1 is 1.38 bits per heavy atom. The molecule has 0 saturated heterocycles. The zero-order chi connectivity index (χ0) is 15.4. The molecule has 0 spiro atoms. The van der Waals surface area contributed by atoms with E-state index in [4.69, 9.17) is 4.74 Å². The monoisotopic (exact) mass is 304 g/mol. The van der Waals surface area contributed by atoms with Gasteiger partial charge < -0.3 is 10.1 Å². The molecule has 110 valence electrons. The van der Waals surface area contributed by atoms with Crippen LogP contribution in [0.15, 0.2) is 24.3 Å². The number of nitrogens with zero attached hydrogens (tertiary/aromatic N) is 1. The molecule has 21 heavy (non-hydrogen) atoms. The summed E-state index contributed by atoms with van der Waals surface area (Å²) in [4.78, 5) is 28.5. The predicted octanol–water partition coefficient (Wildman–Crippen LogP) is 3.05. The molecule has 6 heteroatoms. The Morgan fingerprint density at radius 2 is 2.14 bits per heavy atom. The van der Waals surface area contributed by atoms with E-state index in [1.807, 2.05) is 0 Å². The van der Waals surface area contributed by atoms with Gasteiger partial charge in [-0.2, -0.15) is 0 Å². The lowest BCUT2D eigenvalue weighted by Crippen LogP contribution is -2.11. The van der Waals surface area contributed by atoms with Gasteiger partial charge in [-0.1, -0.05) is 12.1 Å². The lowest BCUT2D eigenvalue weighted by atomic mass is 10.1. The first kappa shape index (κ1) is 15.3. The van der Waals surface area contributed by atoms with Crippen LogP contribution < -0.4 is 5.32 Å². The molecule has 0 saturated carbocycles. The number of hydrogen-bond donors (Lipinski definition) is 1. The molecule has 2 aromatic rings. The smallest absolute Gasteiger partial charge is 0.267 e. The van der Waals surface area contributed by atoms with Crippen LogP contribution in [0.2, 0.25) is 0 Å². The third-order valence-electron chi connectivity index (χ3n) is 2.84. The van der Waals surface area contributed by atoms with Crippen molar-refractivity contribution in [3.05, 3.63) is 45.4 Å². The number of carbonyl (C=O) groups is 2. The largest absolute Gasteiger partial charge is 0.378 e. The summed E-state index contributed by atoms with van der Waals surface area (Å²) in [5, 5.41) is 3.55. The Balaban J connectivity index is 2.18. The Hall–Kier alpha value is -2.05. The molecule has 0 aliphatic carbocycles. The molecule has 0 unspecified atom stereocenters. The third kappa shape index (κ3) is 3.74. The van der Waals surface area contributed by atoms with Crippen molar-refractivity contribution in [2.45, 2.75) is 20.5 Å². The van der Waals surface area contributed by atoms with Gasteiger partial charge in [0.05, 0.1) is 12.3 Å². The summed E-state index contributed by atoms with van der Waals surface area (Å²) >= 11 is 1.31. The number of aryl methyl sites for hydroxylation is 1. The number of carbonyl (C=O) groups excluding carboxylic acids is 2. The van der Waals surface area contributed by atoms with E-state index in [0.717, 1.165) is 5.01 Å². The molecule has 5 nitrogen and oxygen atoms in total. The van der Waals surface area contributed by atoms with Crippen LogP contribution in [-0.2, 0) is 11.3 Å². The van der Waals surface area contributed by atoms with E-state index in [9.17, 15) is 9.59 Å². The Kier molecular flexibility index (Phi) is 4.82. The van der Waals surface area contributed by atoms with Crippen molar-refractivity contribution in [1.82, 2.24) is 4.98 Å². The van der Waals surface area contributed by atoms with E-state index in [0.29, 0.717) is 28.4 Å². The van der Waals surface area contributed by atoms with E-state index in [1.54, 1.807) is 38.3 Å². The fourth-order valence-electron chi connectivity index (χ4n) is 1.85. The van der Waals surface area contributed by atoms with Crippen LogP contribution >= 0.6 is 11.3 Å². The number of anilines is 1. The van der Waals surface area contributed by atoms with Gasteiger partial charge in [0.1, 0.15) is 9.88 Å². The number of ketones is 1. The molecule has 1 heterocycles. The first-order chi connectivity index (χ1) is 10.0. The fraction of sp³-hybridized carbons (Fsp3) is 0.267. The van der Waals surface area contributed by atoms with Crippen molar-refractivity contribution in [3.8, 4) is 0 Å². The van der Waals surface area contributed by atoms with Crippen molar-refractivity contribution < 1.29 is 14.3 Å². The zero-order valence-electron chi connectivity index (χ0n) is 12.1. The summed E-state index contributed by atoms with van der Waals surface area (Å²) in [5.74, 6) is -0.268. The third-order valence-corrected chi connectivity index (χ3v) is 3.97. The van der Waals surface area contributed by atoms with Gasteiger partial charge in [-0.3, -0.25) is 9.59 Å². The molecule has 1 aromatic carbocycles. The number of aromatic nitrogens is 1. The van der Waals surface area contributed by atoms with Crippen LogP contribution in [0.3, 0.4) is 0 Å². The molecule has 1 amide bonds. The Bertz CT molecular complexity index is 679. The van der Waals surface area contributed by atoms with Crippen molar-refractivity contribution in [1.29, 1.82) is 0 Å². The van der Waals surface area contributed by atoms with Crippen LogP contribution in [0.1, 0.15) is 37.7 Å². The predicted molar refractivity (Wildman–Crippen MR) is 82.0 cm³/mol. The lowest BCUT2D eigenvalue weighted by Gasteiger charge is -2.05. The molecule has 0 aliphatic heterocycles. The van der Waals surface area contributed by atoms with Crippen molar-refractivity contribution in [3.63, 3.8) is 0 Å². The van der Waals surface area contributed by atoms with Gasteiger partial charge in [0.2, 0.25) is 0 Å². The molecule has 0 fully saturated rings. The first-order valence-corrected chi connectivity index (χ1v) is 7.20. The highest BCUT2D eigenvalue weighted by atomic mass is 32.1. The van der Waals surface area contributed by atoms with Gasteiger partial charge in [0.15, 0.2) is 5.78 Å². The van der Waals surface area contributed by atoms with E-state index in [1.165, 1.54) is 18.3 Å². The van der Waals surface area contributed by atoms with Gasteiger partial charge in [-0.05, 0) is 26.0 Å². The number of ether oxygens (including phenoxy) is 1. The number of hydrogen-bond acceptors (Lipinski definition) is 5. The maximum absolute atomic E-state index is 12.3. The number of benzene rings is 1. The molecule has 0 aliphatic rings. The second-order valence-electron chi connectivity index (χ2n) is 4.55. The van der Waals surface area contributed by atoms with Gasteiger partial charge >= 0.3 is 0 Å². The minimum absolute atomic E-state index is 0.0394. The molecule has 0 atom stereocenters. The Labute approximate surface area is 127 Å². The average molecular weight is 304 g/mol. The molecule has 1 aromatic heterocycles. The lowest BCUT2D eigenvalue weighted by molar-refractivity contribution is 0.101. The summed E-state index contributed by atoms with van der Waals surface area (Å²) in [7, 11) is 1.59. The number of thiazole rings is 1. The van der Waals surface area contributed by atoms with Gasteiger partial charge in [-0.15, -0.1) is 11.3 Å². The summed E-state index contributed by atoms with van der Waals surface area (Å²) in [5.41, 5.74) is 1.83. The highest BCUT2D eigenvalue weighted by Gasteiger charge is 2.15. The Morgan fingerprint density at radius 3 is 2.81 bits per heavy atom. The highest BCUT2D eigenvalue weighted by molar-refractivity contribution is 7.13. The van der Waals surface area contributed by atoms with E-state index in [2.05, 4.69) is 10.3 Å². The van der Waals surface area contributed by atoms with E-state index < -0.39 is 0 Å². The van der Waals surface area contributed by atoms with Crippen LogP contribution in [0, 0.1) is 6.92 Å². The van der Waals surface area contributed by atoms with Gasteiger partial charge in [-0.25, -0.2) is 4.98 Å². The second-order valence-corrected chi connectivity index (χ2v) is 5.63. The minimum atomic E-state index is -0.229. The van der Waals surface area contributed by atoms with Crippen LogP contribution in [0.25, 0.3) is 0 Å². The maximum Gasteiger partial charge on any atom is 0.267 e. The number of methoxy groups -OCH3 is 1. The van der Waals surface area contributed by atoms with Crippen molar-refractivity contribution in [2.24, 2.45) is 0 Å². The molecule has 0 radical (unpaired) electrons. The van der Waals surface area contributed by atoms with Crippen molar-refractivity contribution >= 4 is 28.7 Å². The van der Waals surface area contributed by atoms with Crippen LogP contribution in [-0.4, -0.2) is 23.8 Å². The minimum Gasteiger partial charge on any atom is -0.378 e. The number of nitrogens with one attached hydrogen (secondary N) is 1. The standard InChI is InChI=1S/C15H16N2O3S/c1-9-14(21-13(16-9)8-20-3)15(19)17-12-6-4-5-11(7-12)10(2)18/h4-7H,8H2,1-3H3,(H,17,19). The first-order valence-electron chi connectivity index (χ1n) is 6.39. The van der Waals surface area contributed by atoms with Crippen LogP contribution in [0.4, 0.5) is 5.69 Å². The maximum atomic E-state index is 12.3. The molecular weight excluding hydrogens is 288 g/mol. The summed E-state index contributed by atoms with van der Waals surface area (Å²) in [6.45, 7) is 3.67. The second kappa shape index (κ2) is 6.60. The summed E-state index contributed by atoms with van der Waals surface area (Å²) in [6, 6.07) is 6.86. The van der Waals surface area contributed by atoms with E-state index in [-0.39, 0.29) is 11.7 Å². The van der Waals surface area contributed by atoms with Gasteiger partial charge in [0.25, 0.3) is 5.91 Å². The number of rotatable bonds is 5. The molecular formula is C15H16N2O3S.